The minimum absolute atomic E-state index is 0.0258. The molecule has 150 valence electrons. The number of fused-ring (bicyclic) bond motifs is 1. The molecule has 2 bridgehead atoms. The Hall–Kier alpha value is -1.59. The number of carboxylic acid groups (broad SMARTS) is 1. The summed E-state index contributed by atoms with van der Waals surface area (Å²) in [6, 6.07) is 2.07. The Morgan fingerprint density at radius 2 is 2.11 bits per heavy atom. The van der Waals surface area contributed by atoms with E-state index in [4.69, 9.17) is 9.72 Å². The number of rotatable bonds is 3. The average Bonchev–Trinajstić information content (AvgIpc) is 3.19. The molecule has 0 aliphatic heterocycles. The smallest absolute Gasteiger partial charge is 0.334 e. The van der Waals surface area contributed by atoms with E-state index in [2.05, 4.69) is 13.0 Å². The summed E-state index contributed by atoms with van der Waals surface area (Å²) in [6.45, 7) is 2.41. The van der Waals surface area contributed by atoms with E-state index in [9.17, 15) is 15.0 Å². The van der Waals surface area contributed by atoms with Gasteiger partial charge in [-0.05, 0) is 61.3 Å². The first-order chi connectivity index (χ1) is 13.4. The van der Waals surface area contributed by atoms with Crippen molar-refractivity contribution in [3.63, 3.8) is 0 Å². The molecule has 1 aromatic heterocycles. The van der Waals surface area contributed by atoms with Crippen LogP contribution in [0.3, 0.4) is 0 Å². The van der Waals surface area contributed by atoms with E-state index >= 15 is 0 Å². The summed E-state index contributed by atoms with van der Waals surface area (Å²) in [5.41, 5.74) is 1.04. The number of carbonyl (C=O) groups is 1. The Labute approximate surface area is 165 Å². The zero-order chi connectivity index (χ0) is 19.5. The average molecular weight is 382 g/mol. The second-order valence-electron chi connectivity index (χ2n) is 10.1. The Morgan fingerprint density at radius 1 is 1.32 bits per heavy atom. The fourth-order valence-corrected chi connectivity index (χ4v) is 9.42. The lowest BCUT2D eigenvalue weighted by atomic mass is 9.34. The molecule has 3 fully saturated rings. The van der Waals surface area contributed by atoms with Gasteiger partial charge in [-0.1, -0.05) is 25.0 Å². The predicted octanol–water partition coefficient (Wildman–Crippen LogP) is 2.82. The maximum absolute atomic E-state index is 12.7. The third-order valence-corrected chi connectivity index (χ3v) is 9.75. The van der Waals surface area contributed by atoms with Crippen molar-refractivity contribution in [3.05, 3.63) is 34.7 Å². The molecule has 1 spiro atoms. The second kappa shape index (κ2) is 4.93. The van der Waals surface area contributed by atoms with Crippen molar-refractivity contribution >= 4 is 5.97 Å². The summed E-state index contributed by atoms with van der Waals surface area (Å²) in [5, 5.41) is 22.7. The first-order valence-electron chi connectivity index (χ1n) is 10.7. The molecule has 5 aliphatic carbocycles. The number of hydrogen-bond acceptors (Lipinski definition) is 3. The molecule has 0 radical (unpaired) electrons. The van der Waals surface area contributed by atoms with Gasteiger partial charge in [0.15, 0.2) is 0 Å². The van der Waals surface area contributed by atoms with Gasteiger partial charge < -0.3 is 19.9 Å². The van der Waals surface area contributed by atoms with E-state index in [1.165, 1.54) is 0 Å². The van der Waals surface area contributed by atoms with Gasteiger partial charge >= 0.3 is 5.97 Å². The third kappa shape index (κ3) is 1.38. The quantitative estimate of drug-likeness (QED) is 0.840. The number of methoxy groups -OCH3 is 1. The van der Waals surface area contributed by atoms with Crippen LogP contribution in [-0.2, 0) is 21.4 Å². The summed E-state index contributed by atoms with van der Waals surface area (Å²) < 4.78 is 5.54. The highest BCUT2D eigenvalue weighted by molar-refractivity contribution is 5.93. The zero-order valence-electron chi connectivity index (χ0n) is 16.6. The minimum atomic E-state index is -1.50. The molecular formula is C23H28NO4-. The number of carboxylic acids is 1. The number of aliphatic hydroxyl groups is 1. The van der Waals surface area contributed by atoms with Crippen LogP contribution in [0.4, 0.5) is 0 Å². The minimum Gasteiger partial charge on any atom is -0.667 e. The molecule has 5 aliphatic rings. The van der Waals surface area contributed by atoms with Crippen LogP contribution in [0.5, 0.6) is 0 Å². The zero-order valence-corrected chi connectivity index (χ0v) is 16.6. The number of allylic oxidation sites excluding steroid dienone is 1. The molecular weight excluding hydrogens is 354 g/mol. The normalized spacial score (nSPS) is 47.8. The van der Waals surface area contributed by atoms with Gasteiger partial charge in [0.25, 0.3) is 0 Å². The third-order valence-electron chi connectivity index (χ3n) is 9.75. The number of ether oxygens (including phenoxy) is 1. The van der Waals surface area contributed by atoms with Gasteiger partial charge in [-0.15, -0.1) is 0 Å². The number of aromatic nitrogens is 1. The Bertz CT molecular complexity index is 933. The van der Waals surface area contributed by atoms with Gasteiger partial charge in [0, 0.05) is 17.9 Å². The van der Waals surface area contributed by atoms with Crippen LogP contribution in [0.15, 0.2) is 23.4 Å². The van der Waals surface area contributed by atoms with E-state index in [1.54, 1.807) is 7.11 Å². The van der Waals surface area contributed by atoms with Crippen molar-refractivity contribution in [2.75, 3.05) is 13.7 Å². The first-order valence-corrected chi connectivity index (χ1v) is 10.7. The van der Waals surface area contributed by atoms with Crippen molar-refractivity contribution < 1.29 is 19.7 Å². The van der Waals surface area contributed by atoms with Gasteiger partial charge in [0.05, 0.1) is 12.2 Å². The Morgan fingerprint density at radius 3 is 2.86 bits per heavy atom. The molecule has 1 aromatic rings. The number of aliphatic carboxylic acids is 1. The fraction of sp³-hybridized carbons (Fsp3) is 0.696. The maximum Gasteiger partial charge on any atom is 0.334 e. The van der Waals surface area contributed by atoms with E-state index < -0.39 is 17.0 Å². The highest BCUT2D eigenvalue weighted by Gasteiger charge is 2.84. The van der Waals surface area contributed by atoms with E-state index in [0.29, 0.717) is 11.8 Å². The first kappa shape index (κ1) is 17.3. The van der Waals surface area contributed by atoms with Crippen molar-refractivity contribution in [1.82, 2.24) is 4.98 Å². The summed E-state index contributed by atoms with van der Waals surface area (Å²) in [4.78, 5) is 17.4. The Balaban J connectivity index is 1.81. The molecule has 3 saturated carbocycles. The van der Waals surface area contributed by atoms with Crippen molar-refractivity contribution in [1.29, 1.82) is 0 Å². The van der Waals surface area contributed by atoms with Crippen molar-refractivity contribution in [3.8, 4) is 0 Å². The van der Waals surface area contributed by atoms with Gasteiger partial charge in [0.2, 0.25) is 0 Å². The van der Waals surface area contributed by atoms with Crippen LogP contribution >= 0.6 is 0 Å². The molecule has 6 atom stereocenters. The number of nitrogens with zero attached hydrogens (tertiary/aromatic N) is 1. The number of hydrogen-bond donors (Lipinski definition) is 2. The van der Waals surface area contributed by atoms with E-state index in [-0.39, 0.29) is 23.0 Å². The van der Waals surface area contributed by atoms with Crippen molar-refractivity contribution in [2.24, 2.45) is 22.7 Å². The lowest BCUT2D eigenvalue weighted by Gasteiger charge is -2.70. The molecule has 0 saturated heterocycles. The van der Waals surface area contributed by atoms with Gasteiger partial charge in [-0.25, -0.2) is 4.79 Å². The predicted molar refractivity (Wildman–Crippen MR) is 102 cm³/mol. The molecule has 2 N–H and O–H groups in total. The highest BCUT2D eigenvalue weighted by Crippen LogP contribution is 2.85. The van der Waals surface area contributed by atoms with Gasteiger partial charge in [-0.3, -0.25) is 0 Å². The summed E-state index contributed by atoms with van der Waals surface area (Å²) in [5.74, 6) is -0.0554. The fourth-order valence-electron chi connectivity index (χ4n) is 9.42. The van der Waals surface area contributed by atoms with Crippen LogP contribution in [0, 0.1) is 22.7 Å². The molecule has 5 nitrogen and oxygen atoms in total. The van der Waals surface area contributed by atoms with Crippen LogP contribution in [-0.4, -0.2) is 35.5 Å². The van der Waals surface area contributed by atoms with Crippen LogP contribution in [0.25, 0.3) is 0 Å². The molecule has 5 heteroatoms. The highest BCUT2D eigenvalue weighted by atomic mass is 16.5. The van der Waals surface area contributed by atoms with Gasteiger partial charge in [0.1, 0.15) is 5.60 Å². The summed E-state index contributed by atoms with van der Waals surface area (Å²) in [6.07, 6.45) is 8.84. The SMILES string of the molecule is COCC1(O)C(C(=O)O)=C2CC3CCC4CCCC15c1cc[n-]c1CC3(C)C245. The van der Waals surface area contributed by atoms with Crippen LogP contribution < -0.4 is 4.98 Å². The van der Waals surface area contributed by atoms with E-state index in [1.807, 2.05) is 6.20 Å². The molecule has 0 aromatic carbocycles. The van der Waals surface area contributed by atoms with E-state index in [0.717, 1.165) is 61.8 Å². The van der Waals surface area contributed by atoms with Gasteiger partial charge in [-0.2, -0.15) is 11.9 Å². The standard InChI is InChI=1S/C23H28NO4/c1-20-11-17-15(7-9-24-17)21-8-3-4-13-5-6-14(20)10-16(23(13,20)21)18(19(25)26)22(21,27)12-28-2/h7,9,13-14,27H,3-6,8,10-12H2,1-2H3,(H,25,26)/q-1. The molecule has 1 heterocycles. The maximum atomic E-state index is 12.7. The molecule has 0 amide bonds. The largest absolute Gasteiger partial charge is 0.667 e. The Kier molecular flexibility index (Phi) is 3.04. The second-order valence-corrected chi connectivity index (χ2v) is 10.1. The lowest BCUT2D eigenvalue weighted by Crippen LogP contribution is -2.71. The topological polar surface area (TPSA) is 80.9 Å². The lowest BCUT2D eigenvalue weighted by molar-refractivity contribution is -0.187. The van der Waals surface area contributed by atoms with Crippen LogP contribution in [0.2, 0.25) is 0 Å². The monoisotopic (exact) mass is 382 g/mol. The molecule has 6 rings (SSSR count). The van der Waals surface area contributed by atoms with Crippen molar-refractivity contribution in [2.45, 2.75) is 62.9 Å². The molecule has 28 heavy (non-hydrogen) atoms. The summed E-state index contributed by atoms with van der Waals surface area (Å²) >= 11 is 0. The van der Waals surface area contributed by atoms with Crippen LogP contribution in [0.1, 0.15) is 56.7 Å². The molecule has 6 unspecified atom stereocenters. The summed E-state index contributed by atoms with van der Waals surface area (Å²) in [7, 11) is 1.57.